The monoisotopic (exact) mass is 397 g/mol. The summed E-state index contributed by atoms with van der Waals surface area (Å²) in [4.78, 5) is 7.20. The molecule has 1 fully saturated rings. The molecule has 1 saturated heterocycles. The van der Waals surface area contributed by atoms with E-state index in [1.165, 1.54) is 5.56 Å². The van der Waals surface area contributed by atoms with E-state index in [0.717, 1.165) is 37.6 Å². The molecule has 0 amide bonds. The first-order chi connectivity index (χ1) is 14.2. The first kappa shape index (κ1) is 21.0. The van der Waals surface area contributed by atoms with Crippen molar-refractivity contribution in [3.05, 3.63) is 59.7 Å². The lowest BCUT2D eigenvalue weighted by Gasteiger charge is -2.22. The molecule has 3 rings (SSSR count). The van der Waals surface area contributed by atoms with Crippen molar-refractivity contribution in [1.29, 1.82) is 0 Å². The van der Waals surface area contributed by atoms with Gasteiger partial charge in [0.25, 0.3) is 0 Å². The second-order valence-electron chi connectivity index (χ2n) is 7.07. The van der Waals surface area contributed by atoms with Crippen LogP contribution in [0.4, 0.5) is 0 Å². The Morgan fingerprint density at radius 2 is 2.03 bits per heavy atom. The van der Waals surface area contributed by atoms with Crippen LogP contribution in [0.15, 0.2) is 53.5 Å². The number of methoxy groups -OCH3 is 1. The Labute approximate surface area is 173 Å². The second-order valence-corrected chi connectivity index (χ2v) is 7.07. The highest BCUT2D eigenvalue weighted by molar-refractivity contribution is 5.80. The summed E-state index contributed by atoms with van der Waals surface area (Å²) in [6.45, 7) is 5.69. The predicted octanol–water partition coefficient (Wildman–Crippen LogP) is 3.02. The lowest BCUT2D eigenvalue weighted by Crippen LogP contribution is -2.40. The largest absolute Gasteiger partial charge is 0.493 e. The summed E-state index contributed by atoms with van der Waals surface area (Å²) >= 11 is 0. The van der Waals surface area contributed by atoms with Crippen molar-refractivity contribution < 1.29 is 14.6 Å². The van der Waals surface area contributed by atoms with Crippen LogP contribution in [-0.4, -0.2) is 55.9 Å². The third-order valence-corrected chi connectivity index (χ3v) is 5.08. The van der Waals surface area contributed by atoms with Gasteiger partial charge in [-0.3, -0.25) is 0 Å². The number of ether oxygens (including phenoxy) is 2. The summed E-state index contributed by atoms with van der Waals surface area (Å²) in [6.07, 6.45) is 1.14. The standard InChI is InChI=1S/C23H31N3O3/c1-3-24-23(26-12-11-20(17-26)19-7-5-4-6-8-19)25-16-18-9-10-21(29-14-13-27)22(15-18)28-2/h4-10,15,20,27H,3,11-14,16-17H2,1-2H3,(H,24,25). The van der Waals surface area contributed by atoms with Crippen LogP contribution in [0.25, 0.3) is 0 Å². The van der Waals surface area contributed by atoms with E-state index in [2.05, 4.69) is 47.5 Å². The van der Waals surface area contributed by atoms with Gasteiger partial charge in [-0.25, -0.2) is 4.99 Å². The lowest BCUT2D eigenvalue weighted by molar-refractivity contribution is 0.196. The third kappa shape index (κ3) is 5.64. The smallest absolute Gasteiger partial charge is 0.194 e. The van der Waals surface area contributed by atoms with Crippen LogP contribution in [0, 0.1) is 0 Å². The Kier molecular flexibility index (Phi) is 7.76. The number of likely N-dealkylation sites (tertiary alicyclic amines) is 1. The van der Waals surface area contributed by atoms with Crippen molar-refractivity contribution in [2.45, 2.75) is 25.8 Å². The number of rotatable bonds is 8. The molecule has 1 atom stereocenters. The molecule has 1 unspecified atom stereocenters. The zero-order valence-electron chi connectivity index (χ0n) is 17.3. The summed E-state index contributed by atoms with van der Waals surface area (Å²) in [5, 5.41) is 12.4. The van der Waals surface area contributed by atoms with Crippen molar-refractivity contribution in [3.8, 4) is 11.5 Å². The van der Waals surface area contributed by atoms with E-state index in [0.29, 0.717) is 24.0 Å². The Balaban J connectivity index is 1.68. The summed E-state index contributed by atoms with van der Waals surface area (Å²) in [6, 6.07) is 16.5. The molecular weight excluding hydrogens is 366 g/mol. The van der Waals surface area contributed by atoms with E-state index in [-0.39, 0.29) is 13.2 Å². The molecule has 0 saturated carbocycles. The molecule has 0 bridgehead atoms. The Morgan fingerprint density at radius 1 is 1.21 bits per heavy atom. The van der Waals surface area contributed by atoms with E-state index in [9.17, 15) is 0 Å². The first-order valence-corrected chi connectivity index (χ1v) is 10.2. The van der Waals surface area contributed by atoms with Gasteiger partial charge in [0.1, 0.15) is 6.61 Å². The normalized spacial score (nSPS) is 16.7. The molecule has 29 heavy (non-hydrogen) atoms. The van der Waals surface area contributed by atoms with Gasteiger partial charge in [0.15, 0.2) is 17.5 Å². The number of benzene rings is 2. The van der Waals surface area contributed by atoms with Gasteiger partial charge in [-0.05, 0) is 36.6 Å². The fraction of sp³-hybridized carbons (Fsp3) is 0.435. The number of nitrogens with one attached hydrogen (secondary N) is 1. The van der Waals surface area contributed by atoms with Crippen molar-refractivity contribution in [1.82, 2.24) is 10.2 Å². The van der Waals surface area contributed by atoms with Gasteiger partial charge in [0.2, 0.25) is 0 Å². The van der Waals surface area contributed by atoms with Gasteiger partial charge in [-0.1, -0.05) is 36.4 Å². The number of hydrogen-bond acceptors (Lipinski definition) is 4. The molecule has 0 radical (unpaired) electrons. The highest BCUT2D eigenvalue weighted by Crippen LogP contribution is 2.29. The molecule has 0 aliphatic carbocycles. The van der Waals surface area contributed by atoms with Crippen LogP contribution >= 0.6 is 0 Å². The highest BCUT2D eigenvalue weighted by atomic mass is 16.5. The maximum absolute atomic E-state index is 8.94. The average Bonchev–Trinajstić information content (AvgIpc) is 3.26. The van der Waals surface area contributed by atoms with Crippen LogP contribution in [0.3, 0.4) is 0 Å². The molecule has 0 spiro atoms. The molecule has 1 heterocycles. The van der Waals surface area contributed by atoms with Gasteiger partial charge in [-0.15, -0.1) is 0 Å². The topological polar surface area (TPSA) is 66.3 Å². The number of aliphatic imine (C=N–C) groups is 1. The maximum Gasteiger partial charge on any atom is 0.194 e. The van der Waals surface area contributed by atoms with Crippen molar-refractivity contribution in [3.63, 3.8) is 0 Å². The minimum absolute atomic E-state index is 0.0267. The Hall–Kier alpha value is -2.73. The SMILES string of the molecule is CCNC(=NCc1ccc(OCCO)c(OC)c1)N1CCC(c2ccccc2)C1. The number of nitrogens with zero attached hydrogens (tertiary/aromatic N) is 2. The number of aliphatic hydroxyl groups excluding tert-OH is 1. The zero-order valence-corrected chi connectivity index (χ0v) is 17.3. The fourth-order valence-corrected chi connectivity index (χ4v) is 3.63. The van der Waals surface area contributed by atoms with E-state index >= 15 is 0 Å². The highest BCUT2D eigenvalue weighted by Gasteiger charge is 2.25. The molecule has 2 N–H and O–H groups in total. The van der Waals surface area contributed by atoms with Gasteiger partial charge >= 0.3 is 0 Å². The fourth-order valence-electron chi connectivity index (χ4n) is 3.63. The number of aliphatic hydroxyl groups is 1. The van der Waals surface area contributed by atoms with Gasteiger partial charge < -0.3 is 24.8 Å². The van der Waals surface area contributed by atoms with Crippen LogP contribution in [-0.2, 0) is 6.54 Å². The molecule has 1 aliphatic rings. The Morgan fingerprint density at radius 3 is 2.76 bits per heavy atom. The minimum atomic E-state index is -0.0267. The summed E-state index contributed by atoms with van der Waals surface area (Å²) in [5.74, 6) is 2.78. The molecule has 6 nitrogen and oxygen atoms in total. The van der Waals surface area contributed by atoms with E-state index in [1.807, 2.05) is 18.2 Å². The van der Waals surface area contributed by atoms with E-state index in [4.69, 9.17) is 19.6 Å². The van der Waals surface area contributed by atoms with Crippen LogP contribution in [0.1, 0.15) is 30.4 Å². The average molecular weight is 398 g/mol. The van der Waals surface area contributed by atoms with E-state index in [1.54, 1.807) is 7.11 Å². The molecule has 2 aromatic rings. The van der Waals surface area contributed by atoms with Crippen molar-refractivity contribution in [2.24, 2.45) is 4.99 Å². The summed E-state index contributed by atoms with van der Waals surface area (Å²) in [7, 11) is 1.62. The second kappa shape index (κ2) is 10.7. The van der Waals surface area contributed by atoms with Crippen molar-refractivity contribution in [2.75, 3.05) is 40.0 Å². The Bertz CT molecular complexity index is 795. The number of hydrogen-bond donors (Lipinski definition) is 2. The van der Waals surface area contributed by atoms with Crippen LogP contribution in [0.2, 0.25) is 0 Å². The zero-order chi connectivity index (χ0) is 20.5. The van der Waals surface area contributed by atoms with Crippen LogP contribution in [0.5, 0.6) is 11.5 Å². The predicted molar refractivity (Wildman–Crippen MR) is 116 cm³/mol. The summed E-state index contributed by atoms with van der Waals surface area (Å²) in [5.41, 5.74) is 2.45. The molecular formula is C23H31N3O3. The number of guanidine groups is 1. The van der Waals surface area contributed by atoms with Gasteiger partial charge in [0.05, 0.1) is 20.3 Å². The molecule has 2 aromatic carbocycles. The molecule has 0 aromatic heterocycles. The summed E-state index contributed by atoms with van der Waals surface area (Å²) < 4.78 is 10.9. The molecule has 1 aliphatic heterocycles. The first-order valence-electron chi connectivity index (χ1n) is 10.2. The third-order valence-electron chi connectivity index (χ3n) is 5.08. The van der Waals surface area contributed by atoms with Gasteiger partial charge in [-0.2, -0.15) is 0 Å². The molecule has 156 valence electrons. The van der Waals surface area contributed by atoms with Crippen LogP contribution < -0.4 is 14.8 Å². The molecule has 6 heteroatoms. The van der Waals surface area contributed by atoms with Crippen molar-refractivity contribution >= 4 is 5.96 Å². The van der Waals surface area contributed by atoms with E-state index < -0.39 is 0 Å². The maximum atomic E-state index is 8.94. The quantitative estimate of drug-likeness (QED) is 0.529. The van der Waals surface area contributed by atoms with Gasteiger partial charge in [0, 0.05) is 25.6 Å². The minimum Gasteiger partial charge on any atom is -0.493 e. The lowest BCUT2D eigenvalue weighted by atomic mass is 9.99.